The van der Waals surface area contributed by atoms with E-state index in [0.717, 1.165) is 11.8 Å². The fourth-order valence-electron chi connectivity index (χ4n) is 0.773. The molecule has 2 atom stereocenters. The fraction of sp³-hybridized carbons (Fsp3) is 1.00. The SMILES string of the molecule is CC(C)C(C)CCCP. The zero-order valence-corrected chi connectivity index (χ0v) is 8.01. The monoisotopic (exact) mass is 146 g/mol. The minimum Gasteiger partial charge on any atom is -0.138 e. The first kappa shape index (κ1) is 9.43. The molecule has 0 nitrogen and oxygen atoms in total. The van der Waals surface area contributed by atoms with E-state index < -0.39 is 0 Å². The zero-order valence-electron chi connectivity index (χ0n) is 6.85. The van der Waals surface area contributed by atoms with Crippen molar-refractivity contribution < 1.29 is 0 Å². The molecule has 0 saturated heterocycles. The molecule has 0 spiro atoms. The summed E-state index contributed by atoms with van der Waals surface area (Å²) >= 11 is 0. The molecule has 0 bridgehead atoms. The van der Waals surface area contributed by atoms with Crippen LogP contribution in [0.15, 0.2) is 0 Å². The topological polar surface area (TPSA) is 0 Å². The van der Waals surface area contributed by atoms with Crippen LogP contribution in [0.2, 0.25) is 0 Å². The highest BCUT2D eigenvalue weighted by molar-refractivity contribution is 7.16. The lowest BCUT2D eigenvalue weighted by molar-refractivity contribution is 0.390. The van der Waals surface area contributed by atoms with E-state index in [1.54, 1.807) is 0 Å². The molecule has 0 aliphatic carbocycles. The summed E-state index contributed by atoms with van der Waals surface area (Å²) in [6.07, 6.45) is 4.02. The molecule has 56 valence electrons. The summed E-state index contributed by atoms with van der Waals surface area (Å²) in [7, 11) is 2.78. The summed E-state index contributed by atoms with van der Waals surface area (Å²) < 4.78 is 0. The Morgan fingerprint density at radius 1 is 1.22 bits per heavy atom. The van der Waals surface area contributed by atoms with Crippen LogP contribution in [0.3, 0.4) is 0 Å². The number of rotatable bonds is 4. The van der Waals surface area contributed by atoms with E-state index in [0.29, 0.717) is 0 Å². The Morgan fingerprint density at radius 2 is 1.78 bits per heavy atom. The van der Waals surface area contributed by atoms with Crippen LogP contribution < -0.4 is 0 Å². The van der Waals surface area contributed by atoms with E-state index in [2.05, 4.69) is 30.0 Å². The van der Waals surface area contributed by atoms with Crippen molar-refractivity contribution in [2.45, 2.75) is 33.6 Å². The molecule has 0 N–H and O–H groups in total. The van der Waals surface area contributed by atoms with Crippen molar-refractivity contribution in [2.75, 3.05) is 6.16 Å². The molecule has 2 unspecified atom stereocenters. The van der Waals surface area contributed by atoms with Crippen LogP contribution in [-0.4, -0.2) is 6.16 Å². The Morgan fingerprint density at radius 3 is 2.11 bits per heavy atom. The Hall–Kier alpha value is 0.430. The molecule has 0 radical (unpaired) electrons. The second-order valence-electron chi connectivity index (χ2n) is 3.15. The maximum Gasteiger partial charge on any atom is -0.0381 e. The molecule has 1 heteroatoms. The summed E-state index contributed by atoms with van der Waals surface area (Å²) in [6, 6.07) is 0. The number of hydrogen-bond donors (Lipinski definition) is 0. The Labute approximate surface area is 61.6 Å². The summed E-state index contributed by atoms with van der Waals surface area (Å²) in [5, 5.41) is 0. The van der Waals surface area contributed by atoms with Gasteiger partial charge in [-0.05, 0) is 24.4 Å². The van der Waals surface area contributed by atoms with Gasteiger partial charge in [0.15, 0.2) is 0 Å². The summed E-state index contributed by atoms with van der Waals surface area (Å²) in [6.45, 7) is 6.94. The maximum absolute atomic E-state index is 2.78. The van der Waals surface area contributed by atoms with Crippen LogP contribution in [0.1, 0.15) is 33.6 Å². The van der Waals surface area contributed by atoms with Gasteiger partial charge < -0.3 is 0 Å². The first-order chi connectivity index (χ1) is 4.18. The van der Waals surface area contributed by atoms with Crippen molar-refractivity contribution in [2.24, 2.45) is 11.8 Å². The van der Waals surface area contributed by atoms with Gasteiger partial charge >= 0.3 is 0 Å². The first-order valence-electron chi connectivity index (χ1n) is 3.88. The minimum absolute atomic E-state index is 0.863. The third-order valence-electron chi connectivity index (χ3n) is 2.00. The second kappa shape index (κ2) is 5.23. The lowest BCUT2D eigenvalue weighted by Gasteiger charge is -2.13. The van der Waals surface area contributed by atoms with Crippen LogP contribution in [0, 0.1) is 11.8 Å². The van der Waals surface area contributed by atoms with Gasteiger partial charge in [0.1, 0.15) is 0 Å². The lowest BCUT2D eigenvalue weighted by Crippen LogP contribution is -2.03. The summed E-state index contributed by atoms with van der Waals surface area (Å²) in [5.41, 5.74) is 0. The van der Waals surface area contributed by atoms with E-state index in [1.165, 1.54) is 19.0 Å². The van der Waals surface area contributed by atoms with Crippen LogP contribution in [0.5, 0.6) is 0 Å². The third kappa shape index (κ3) is 4.90. The molecule has 0 saturated carbocycles. The highest BCUT2D eigenvalue weighted by Crippen LogP contribution is 2.15. The largest absolute Gasteiger partial charge is 0.138 e. The molecular formula is C8H19P. The molecule has 0 fully saturated rings. The lowest BCUT2D eigenvalue weighted by atomic mass is 9.94. The highest BCUT2D eigenvalue weighted by Gasteiger charge is 2.04. The van der Waals surface area contributed by atoms with Crippen LogP contribution in [-0.2, 0) is 0 Å². The van der Waals surface area contributed by atoms with E-state index in [9.17, 15) is 0 Å². The average Bonchev–Trinajstić information content (AvgIpc) is 1.82. The van der Waals surface area contributed by atoms with Gasteiger partial charge in [-0.15, -0.1) is 9.24 Å². The third-order valence-corrected chi connectivity index (χ3v) is 2.41. The smallest absolute Gasteiger partial charge is 0.0381 e. The van der Waals surface area contributed by atoms with Gasteiger partial charge in [0.25, 0.3) is 0 Å². The number of hydrogen-bond acceptors (Lipinski definition) is 0. The van der Waals surface area contributed by atoms with Crippen molar-refractivity contribution in [3.8, 4) is 0 Å². The van der Waals surface area contributed by atoms with Crippen molar-refractivity contribution >= 4 is 9.24 Å². The van der Waals surface area contributed by atoms with Gasteiger partial charge in [-0.2, -0.15) is 0 Å². The molecule has 0 aromatic rings. The van der Waals surface area contributed by atoms with Crippen LogP contribution in [0.25, 0.3) is 0 Å². The van der Waals surface area contributed by atoms with Crippen LogP contribution in [0.4, 0.5) is 0 Å². The maximum atomic E-state index is 2.78. The standard InChI is InChI=1S/C8H19P/c1-7(2)8(3)5-4-6-9/h7-8H,4-6,9H2,1-3H3. The Kier molecular flexibility index (Phi) is 5.48. The summed E-state index contributed by atoms with van der Waals surface area (Å²) in [4.78, 5) is 0. The van der Waals surface area contributed by atoms with E-state index in [-0.39, 0.29) is 0 Å². The molecule has 0 amide bonds. The fourth-order valence-corrected chi connectivity index (χ4v) is 1.01. The van der Waals surface area contributed by atoms with Gasteiger partial charge in [0.05, 0.1) is 0 Å². The van der Waals surface area contributed by atoms with Crippen molar-refractivity contribution in [3.05, 3.63) is 0 Å². The highest BCUT2D eigenvalue weighted by atomic mass is 31.0. The average molecular weight is 146 g/mol. The van der Waals surface area contributed by atoms with Crippen molar-refractivity contribution in [1.82, 2.24) is 0 Å². The van der Waals surface area contributed by atoms with Gasteiger partial charge in [0.2, 0.25) is 0 Å². The summed E-state index contributed by atoms with van der Waals surface area (Å²) in [5.74, 6) is 1.77. The van der Waals surface area contributed by atoms with Crippen molar-refractivity contribution in [3.63, 3.8) is 0 Å². The van der Waals surface area contributed by atoms with Gasteiger partial charge in [0, 0.05) is 0 Å². The van der Waals surface area contributed by atoms with Crippen LogP contribution >= 0.6 is 9.24 Å². The van der Waals surface area contributed by atoms with Gasteiger partial charge in [-0.25, -0.2) is 0 Å². The molecule has 0 heterocycles. The van der Waals surface area contributed by atoms with Gasteiger partial charge in [-0.3, -0.25) is 0 Å². The van der Waals surface area contributed by atoms with Gasteiger partial charge in [-0.1, -0.05) is 27.2 Å². The predicted molar refractivity (Wildman–Crippen MR) is 47.8 cm³/mol. The van der Waals surface area contributed by atoms with E-state index in [4.69, 9.17) is 0 Å². The van der Waals surface area contributed by atoms with Crippen molar-refractivity contribution in [1.29, 1.82) is 0 Å². The van der Waals surface area contributed by atoms with E-state index in [1.807, 2.05) is 0 Å². The molecule has 0 aromatic carbocycles. The predicted octanol–water partition coefficient (Wildman–Crippen LogP) is 2.93. The zero-order chi connectivity index (χ0) is 7.28. The quantitative estimate of drug-likeness (QED) is 0.535. The molecular weight excluding hydrogens is 127 g/mol. The Balaban J connectivity index is 3.16. The minimum atomic E-state index is 0.863. The second-order valence-corrected chi connectivity index (χ2v) is 3.73. The molecule has 0 aliphatic rings. The molecule has 0 aromatic heterocycles. The molecule has 0 aliphatic heterocycles. The molecule has 0 rings (SSSR count). The first-order valence-corrected chi connectivity index (χ1v) is 4.70. The normalized spacial score (nSPS) is 14.3. The molecule has 9 heavy (non-hydrogen) atoms. The Bertz CT molecular complexity index is 59.6. The van der Waals surface area contributed by atoms with E-state index >= 15 is 0 Å².